The molecule has 0 bridgehead atoms. The molecule has 4 nitrogen and oxygen atoms in total. The Kier molecular flexibility index (Phi) is 4.71. The maximum Gasteiger partial charge on any atom is 0.254 e. The van der Waals surface area contributed by atoms with Gasteiger partial charge in [0.25, 0.3) is 5.91 Å². The van der Waals surface area contributed by atoms with Crippen LogP contribution in [0.15, 0.2) is 60.7 Å². The average Bonchev–Trinajstić information content (AvgIpc) is 2.55. The maximum absolute atomic E-state index is 12.4. The molecule has 1 N–H and O–H groups in total. The smallest absolute Gasteiger partial charge is 0.254 e. The Morgan fingerprint density at radius 3 is 2.26 bits per heavy atom. The summed E-state index contributed by atoms with van der Waals surface area (Å²) >= 11 is 0. The molecule has 0 spiro atoms. The minimum absolute atomic E-state index is 0.0588. The third-order valence-electron chi connectivity index (χ3n) is 4.16. The Morgan fingerprint density at radius 1 is 1.00 bits per heavy atom. The fraction of sp³-hybridized carbons (Fsp3) is 0.263. The molecule has 2 aromatic rings. The molecule has 4 heteroatoms. The Balaban J connectivity index is 1.51. The molecule has 1 aliphatic heterocycles. The van der Waals surface area contributed by atoms with E-state index in [1.54, 1.807) is 17.0 Å². The van der Waals surface area contributed by atoms with Gasteiger partial charge in [0.1, 0.15) is 6.04 Å². The van der Waals surface area contributed by atoms with Crippen LogP contribution in [0.25, 0.3) is 0 Å². The van der Waals surface area contributed by atoms with Crippen molar-refractivity contribution in [3.63, 3.8) is 0 Å². The normalized spacial score (nSPS) is 16.5. The maximum atomic E-state index is 12.4. The predicted octanol–water partition coefficient (Wildman–Crippen LogP) is 2.26. The lowest BCUT2D eigenvalue weighted by atomic mass is 10.00. The molecule has 118 valence electrons. The molecule has 23 heavy (non-hydrogen) atoms. The highest BCUT2D eigenvalue weighted by Crippen LogP contribution is 2.20. The second-order valence-corrected chi connectivity index (χ2v) is 5.70. The zero-order chi connectivity index (χ0) is 16.1. The summed E-state index contributed by atoms with van der Waals surface area (Å²) in [5.74, 6) is -0.128. The number of nitrogens with one attached hydrogen (secondary N) is 1. The van der Waals surface area contributed by atoms with E-state index in [2.05, 4.69) is 5.32 Å². The molecule has 2 amide bonds. The summed E-state index contributed by atoms with van der Waals surface area (Å²) in [6.07, 6.45) is 1.53. The van der Waals surface area contributed by atoms with Gasteiger partial charge < -0.3 is 10.2 Å². The van der Waals surface area contributed by atoms with Crippen LogP contribution in [0.2, 0.25) is 0 Å². The lowest BCUT2D eigenvalue weighted by molar-refractivity contribution is -0.129. The van der Waals surface area contributed by atoms with Crippen molar-refractivity contribution in [1.82, 2.24) is 10.2 Å². The standard InChI is InChI=1S/C19H20N2O2/c22-18(20-13-11-15-7-3-1-4-8-15)17-12-14-21(17)19(23)16-9-5-2-6-10-16/h1-10,17H,11-14H2,(H,20,22)/t17-/m1/s1. The fourth-order valence-corrected chi connectivity index (χ4v) is 2.74. The summed E-state index contributed by atoms with van der Waals surface area (Å²) in [5.41, 5.74) is 1.83. The molecule has 1 fully saturated rings. The second kappa shape index (κ2) is 7.09. The van der Waals surface area contributed by atoms with E-state index in [9.17, 15) is 9.59 Å². The number of hydrogen-bond donors (Lipinski definition) is 1. The molecular weight excluding hydrogens is 288 g/mol. The molecular formula is C19H20N2O2. The molecule has 1 saturated heterocycles. The van der Waals surface area contributed by atoms with E-state index >= 15 is 0 Å². The van der Waals surface area contributed by atoms with Crippen molar-refractivity contribution in [1.29, 1.82) is 0 Å². The lowest BCUT2D eigenvalue weighted by Crippen LogP contribution is -2.58. The fourth-order valence-electron chi connectivity index (χ4n) is 2.74. The van der Waals surface area contributed by atoms with Crippen LogP contribution in [0.1, 0.15) is 22.3 Å². The summed E-state index contributed by atoms with van der Waals surface area (Å²) in [7, 11) is 0. The zero-order valence-corrected chi connectivity index (χ0v) is 12.9. The highest BCUT2D eigenvalue weighted by Gasteiger charge is 2.37. The predicted molar refractivity (Wildman–Crippen MR) is 89.0 cm³/mol. The molecule has 1 heterocycles. The average molecular weight is 308 g/mol. The van der Waals surface area contributed by atoms with Gasteiger partial charge in [-0.3, -0.25) is 9.59 Å². The highest BCUT2D eigenvalue weighted by molar-refractivity contribution is 5.98. The lowest BCUT2D eigenvalue weighted by Gasteiger charge is -2.39. The SMILES string of the molecule is O=C(NCCc1ccccc1)[C@H]1CCN1C(=O)c1ccccc1. The third-order valence-corrected chi connectivity index (χ3v) is 4.16. The first-order chi connectivity index (χ1) is 11.3. The summed E-state index contributed by atoms with van der Waals surface area (Å²) in [6.45, 7) is 1.23. The monoisotopic (exact) mass is 308 g/mol. The summed E-state index contributed by atoms with van der Waals surface area (Å²) < 4.78 is 0. The third kappa shape index (κ3) is 3.59. The Hall–Kier alpha value is -2.62. The molecule has 2 aromatic carbocycles. The van der Waals surface area contributed by atoms with E-state index in [0.717, 1.165) is 12.8 Å². The largest absolute Gasteiger partial charge is 0.354 e. The number of likely N-dealkylation sites (tertiary alicyclic amines) is 1. The number of benzene rings is 2. The molecule has 0 radical (unpaired) electrons. The Bertz CT molecular complexity index is 670. The van der Waals surface area contributed by atoms with Crippen molar-refractivity contribution in [3.05, 3.63) is 71.8 Å². The van der Waals surface area contributed by atoms with E-state index < -0.39 is 0 Å². The molecule has 0 unspecified atom stereocenters. The van der Waals surface area contributed by atoms with E-state index in [1.807, 2.05) is 48.5 Å². The molecule has 0 aromatic heterocycles. The number of amides is 2. The van der Waals surface area contributed by atoms with Crippen LogP contribution in [0.3, 0.4) is 0 Å². The highest BCUT2D eigenvalue weighted by atomic mass is 16.2. The van der Waals surface area contributed by atoms with Crippen molar-refractivity contribution in [2.24, 2.45) is 0 Å². The van der Waals surface area contributed by atoms with Crippen molar-refractivity contribution in [2.75, 3.05) is 13.1 Å². The van der Waals surface area contributed by atoms with Crippen molar-refractivity contribution in [2.45, 2.75) is 18.9 Å². The minimum atomic E-state index is -0.335. The van der Waals surface area contributed by atoms with Crippen LogP contribution in [-0.2, 0) is 11.2 Å². The minimum Gasteiger partial charge on any atom is -0.354 e. The Morgan fingerprint density at radius 2 is 1.65 bits per heavy atom. The van der Waals surface area contributed by atoms with Crippen LogP contribution in [0.5, 0.6) is 0 Å². The van der Waals surface area contributed by atoms with Gasteiger partial charge in [-0.05, 0) is 30.5 Å². The van der Waals surface area contributed by atoms with Crippen LogP contribution < -0.4 is 5.32 Å². The first-order valence-corrected chi connectivity index (χ1v) is 7.93. The molecule has 3 rings (SSSR count). The van der Waals surface area contributed by atoms with E-state index in [1.165, 1.54) is 5.56 Å². The first-order valence-electron chi connectivity index (χ1n) is 7.93. The van der Waals surface area contributed by atoms with Gasteiger partial charge in [-0.25, -0.2) is 0 Å². The topological polar surface area (TPSA) is 49.4 Å². The number of hydrogen-bond acceptors (Lipinski definition) is 2. The number of carbonyl (C=O) groups excluding carboxylic acids is 2. The van der Waals surface area contributed by atoms with Crippen LogP contribution >= 0.6 is 0 Å². The van der Waals surface area contributed by atoms with Gasteiger partial charge in [-0.15, -0.1) is 0 Å². The van der Waals surface area contributed by atoms with Crippen LogP contribution in [0, 0.1) is 0 Å². The van der Waals surface area contributed by atoms with Crippen molar-refractivity contribution < 1.29 is 9.59 Å². The summed E-state index contributed by atoms with van der Waals surface area (Å²) in [5, 5.41) is 2.94. The first kappa shape index (κ1) is 15.3. The number of rotatable bonds is 5. The van der Waals surface area contributed by atoms with Gasteiger partial charge >= 0.3 is 0 Å². The number of nitrogens with zero attached hydrogens (tertiary/aromatic N) is 1. The van der Waals surface area contributed by atoms with Crippen molar-refractivity contribution in [3.8, 4) is 0 Å². The van der Waals surface area contributed by atoms with Gasteiger partial charge in [-0.1, -0.05) is 48.5 Å². The quantitative estimate of drug-likeness (QED) is 0.921. The van der Waals surface area contributed by atoms with Crippen molar-refractivity contribution >= 4 is 11.8 Å². The van der Waals surface area contributed by atoms with Gasteiger partial charge in [-0.2, -0.15) is 0 Å². The molecule has 1 atom stereocenters. The number of carbonyl (C=O) groups is 2. The van der Waals surface area contributed by atoms with Gasteiger partial charge in [0.2, 0.25) is 5.91 Å². The molecule has 0 aliphatic carbocycles. The van der Waals surface area contributed by atoms with Gasteiger partial charge in [0.15, 0.2) is 0 Å². The van der Waals surface area contributed by atoms with Crippen LogP contribution in [0.4, 0.5) is 0 Å². The second-order valence-electron chi connectivity index (χ2n) is 5.70. The van der Waals surface area contributed by atoms with E-state index in [-0.39, 0.29) is 17.9 Å². The summed E-state index contributed by atoms with van der Waals surface area (Å²) in [6, 6.07) is 18.8. The Labute approximate surface area is 136 Å². The molecule has 1 aliphatic rings. The van der Waals surface area contributed by atoms with Crippen LogP contribution in [-0.4, -0.2) is 35.8 Å². The van der Waals surface area contributed by atoms with E-state index in [4.69, 9.17) is 0 Å². The summed E-state index contributed by atoms with van der Waals surface area (Å²) in [4.78, 5) is 26.3. The van der Waals surface area contributed by atoms with E-state index in [0.29, 0.717) is 18.7 Å². The molecule has 0 saturated carbocycles. The van der Waals surface area contributed by atoms with Gasteiger partial charge in [0.05, 0.1) is 0 Å². The zero-order valence-electron chi connectivity index (χ0n) is 12.9. The van der Waals surface area contributed by atoms with Gasteiger partial charge in [0, 0.05) is 18.7 Å².